The molecule has 1 amide bonds. The molecular formula is C15H18ClNO4S. The van der Waals surface area contributed by atoms with Crippen LogP contribution in [0, 0.1) is 0 Å². The number of carboxylic acid groups (broad SMARTS) is 1. The van der Waals surface area contributed by atoms with Crippen LogP contribution in [0.4, 0.5) is 0 Å². The molecule has 22 heavy (non-hydrogen) atoms. The standard InChI is InChI=1S/C15H18ClNO4S/c1-21-13-3-2-11(16)6-10(13)7-14(18)17-4-5-22-9-12(17)8-15(19)20/h2-3,6,12H,4-5,7-9H2,1H3,(H,19,20). The summed E-state index contributed by atoms with van der Waals surface area (Å²) in [6.45, 7) is 0.574. The predicted octanol–water partition coefficient (Wildman–Crippen LogP) is 2.31. The number of methoxy groups -OCH3 is 1. The number of carbonyl (C=O) groups excluding carboxylic acids is 1. The molecule has 1 aliphatic heterocycles. The van der Waals surface area contributed by atoms with Gasteiger partial charge in [-0.05, 0) is 18.2 Å². The zero-order chi connectivity index (χ0) is 16.1. The van der Waals surface area contributed by atoms with Crippen molar-refractivity contribution in [2.75, 3.05) is 25.2 Å². The molecule has 1 saturated heterocycles. The van der Waals surface area contributed by atoms with Gasteiger partial charge in [0.1, 0.15) is 5.75 Å². The fraction of sp³-hybridized carbons (Fsp3) is 0.467. The normalized spacial score (nSPS) is 18.1. The van der Waals surface area contributed by atoms with Crippen LogP contribution in [0.15, 0.2) is 18.2 Å². The van der Waals surface area contributed by atoms with Crippen molar-refractivity contribution in [2.45, 2.75) is 18.9 Å². The van der Waals surface area contributed by atoms with Crippen molar-refractivity contribution in [3.63, 3.8) is 0 Å². The highest BCUT2D eigenvalue weighted by Crippen LogP contribution is 2.25. The molecule has 5 nitrogen and oxygen atoms in total. The van der Waals surface area contributed by atoms with E-state index >= 15 is 0 Å². The summed E-state index contributed by atoms with van der Waals surface area (Å²) < 4.78 is 5.25. The van der Waals surface area contributed by atoms with E-state index in [2.05, 4.69) is 0 Å². The van der Waals surface area contributed by atoms with Gasteiger partial charge in [-0.1, -0.05) is 11.6 Å². The largest absolute Gasteiger partial charge is 0.496 e. The number of hydrogen-bond acceptors (Lipinski definition) is 4. The van der Waals surface area contributed by atoms with E-state index in [9.17, 15) is 9.59 Å². The number of nitrogens with zero attached hydrogens (tertiary/aromatic N) is 1. The van der Waals surface area contributed by atoms with Gasteiger partial charge in [0.2, 0.25) is 5.91 Å². The van der Waals surface area contributed by atoms with Crippen molar-refractivity contribution in [3.8, 4) is 5.75 Å². The summed E-state index contributed by atoms with van der Waals surface area (Å²) in [6, 6.07) is 4.89. The van der Waals surface area contributed by atoms with E-state index in [0.717, 1.165) is 5.75 Å². The minimum absolute atomic E-state index is 0.0224. The third-order valence-electron chi connectivity index (χ3n) is 3.54. The van der Waals surface area contributed by atoms with Gasteiger partial charge in [-0.2, -0.15) is 11.8 Å². The van der Waals surface area contributed by atoms with Gasteiger partial charge >= 0.3 is 5.97 Å². The van der Waals surface area contributed by atoms with Gasteiger partial charge in [-0.25, -0.2) is 0 Å². The Morgan fingerprint density at radius 3 is 2.95 bits per heavy atom. The third kappa shape index (κ3) is 4.30. The molecule has 0 bridgehead atoms. The van der Waals surface area contributed by atoms with Crippen LogP contribution in [-0.2, 0) is 16.0 Å². The molecule has 1 atom stereocenters. The number of amides is 1. The highest BCUT2D eigenvalue weighted by atomic mass is 35.5. The van der Waals surface area contributed by atoms with E-state index in [1.165, 1.54) is 0 Å². The molecule has 0 aromatic heterocycles. The number of thioether (sulfide) groups is 1. The first-order valence-electron chi connectivity index (χ1n) is 6.92. The topological polar surface area (TPSA) is 66.8 Å². The fourth-order valence-electron chi connectivity index (χ4n) is 2.50. The summed E-state index contributed by atoms with van der Waals surface area (Å²) in [7, 11) is 1.54. The Labute approximate surface area is 138 Å². The minimum Gasteiger partial charge on any atom is -0.496 e. The molecule has 1 aliphatic rings. The van der Waals surface area contributed by atoms with Gasteiger partial charge in [0, 0.05) is 28.6 Å². The number of halogens is 1. The molecular weight excluding hydrogens is 326 g/mol. The van der Waals surface area contributed by atoms with E-state index in [0.29, 0.717) is 28.6 Å². The quantitative estimate of drug-likeness (QED) is 0.888. The third-order valence-corrected chi connectivity index (χ3v) is 4.87. The average molecular weight is 344 g/mol. The van der Waals surface area contributed by atoms with E-state index in [1.807, 2.05) is 0 Å². The molecule has 1 aromatic rings. The second-order valence-electron chi connectivity index (χ2n) is 5.05. The Morgan fingerprint density at radius 2 is 2.27 bits per heavy atom. The Balaban J connectivity index is 2.13. The summed E-state index contributed by atoms with van der Waals surface area (Å²) in [4.78, 5) is 25.2. The molecule has 0 radical (unpaired) electrons. The van der Waals surface area contributed by atoms with Crippen molar-refractivity contribution >= 4 is 35.2 Å². The number of aliphatic carboxylic acids is 1. The number of benzene rings is 1. The minimum atomic E-state index is -0.884. The summed E-state index contributed by atoms with van der Waals surface area (Å²) in [5, 5.41) is 9.53. The highest BCUT2D eigenvalue weighted by molar-refractivity contribution is 7.99. The first kappa shape index (κ1) is 17.0. The smallest absolute Gasteiger partial charge is 0.305 e. The maximum absolute atomic E-state index is 12.6. The second kappa shape index (κ2) is 7.74. The van der Waals surface area contributed by atoms with Gasteiger partial charge in [0.05, 0.1) is 26.0 Å². The molecule has 1 fully saturated rings. The number of carboxylic acids is 1. The molecule has 0 spiro atoms. The van der Waals surface area contributed by atoms with Crippen molar-refractivity contribution in [3.05, 3.63) is 28.8 Å². The molecule has 1 N–H and O–H groups in total. The fourth-order valence-corrected chi connectivity index (χ4v) is 3.76. The summed E-state index contributed by atoms with van der Waals surface area (Å²) in [5.74, 6) is 1.12. The van der Waals surface area contributed by atoms with Gasteiger partial charge in [-0.15, -0.1) is 0 Å². The van der Waals surface area contributed by atoms with E-state index in [1.54, 1.807) is 42.0 Å². The van der Waals surface area contributed by atoms with Crippen LogP contribution >= 0.6 is 23.4 Å². The van der Waals surface area contributed by atoms with Crippen LogP contribution < -0.4 is 4.74 Å². The van der Waals surface area contributed by atoms with Crippen LogP contribution in [0.2, 0.25) is 5.02 Å². The van der Waals surface area contributed by atoms with Crippen LogP contribution in [0.3, 0.4) is 0 Å². The number of carbonyl (C=O) groups is 2. The van der Waals surface area contributed by atoms with Gasteiger partial charge < -0.3 is 14.7 Å². The molecule has 1 heterocycles. The van der Waals surface area contributed by atoms with Crippen molar-refractivity contribution < 1.29 is 19.4 Å². The Kier molecular flexibility index (Phi) is 5.97. The lowest BCUT2D eigenvalue weighted by Gasteiger charge is -2.34. The van der Waals surface area contributed by atoms with Gasteiger partial charge in [0.15, 0.2) is 0 Å². The summed E-state index contributed by atoms with van der Waals surface area (Å²) in [5.41, 5.74) is 0.715. The average Bonchev–Trinajstić information content (AvgIpc) is 2.47. The Morgan fingerprint density at radius 1 is 1.50 bits per heavy atom. The van der Waals surface area contributed by atoms with Crippen LogP contribution in [-0.4, -0.2) is 53.1 Å². The first-order chi connectivity index (χ1) is 10.5. The zero-order valence-electron chi connectivity index (χ0n) is 12.3. The zero-order valence-corrected chi connectivity index (χ0v) is 13.8. The molecule has 0 aliphatic carbocycles. The maximum atomic E-state index is 12.6. The lowest BCUT2D eigenvalue weighted by Crippen LogP contribution is -2.47. The predicted molar refractivity (Wildman–Crippen MR) is 86.8 cm³/mol. The highest BCUT2D eigenvalue weighted by Gasteiger charge is 2.29. The second-order valence-corrected chi connectivity index (χ2v) is 6.63. The summed E-state index contributed by atoms with van der Waals surface area (Å²) in [6.07, 6.45) is 0.135. The molecule has 2 rings (SSSR count). The molecule has 1 aromatic carbocycles. The Bertz CT molecular complexity index is 566. The lowest BCUT2D eigenvalue weighted by molar-refractivity contribution is -0.140. The van der Waals surface area contributed by atoms with Crippen molar-refractivity contribution in [2.24, 2.45) is 0 Å². The Hall–Kier alpha value is -1.40. The summed E-state index contributed by atoms with van der Waals surface area (Å²) >= 11 is 7.66. The molecule has 120 valence electrons. The number of rotatable bonds is 5. The SMILES string of the molecule is COc1ccc(Cl)cc1CC(=O)N1CCSCC1CC(=O)O. The van der Waals surface area contributed by atoms with Crippen LogP contribution in [0.25, 0.3) is 0 Å². The molecule has 1 unspecified atom stereocenters. The number of hydrogen-bond donors (Lipinski definition) is 1. The van der Waals surface area contributed by atoms with E-state index < -0.39 is 5.97 Å². The van der Waals surface area contributed by atoms with Crippen LogP contribution in [0.5, 0.6) is 5.75 Å². The lowest BCUT2D eigenvalue weighted by atomic mass is 10.1. The monoisotopic (exact) mass is 343 g/mol. The van der Waals surface area contributed by atoms with Crippen molar-refractivity contribution in [1.29, 1.82) is 0 Å². The van der Waals surface area contributed by atoms with E-state index in [-0.39, 0.29) is 24.8 Å². The van der Waals surface area contributed by atoms with Crippen LogP contribution in [0.1, 0.15) is 12.0 Å². The van der Waals surface area contributed by atoms with Gasteiger partial charge in [0.25, 0.3) is 0 Å². The maximum Gasteiger partial charge on any atom is 0.305 e. The van der Waals surface area contributed by atoms with Gasteiger partial charge in [-0.3, -0.25) is 9.59 Å². The molecule has 0 saturated carbocycles. The van der Waals surface area contributed by atoms with Crippen molar-refractivity contribution in [1.82, 2.24) is 4.90 Å². The molecule has 7 heteroatoms. The first-order valence-corrected chi connectivity index (χ1v) is 8.46. The van der Waals surface area contributed by atoms with E-state index in [4.69, 9.17) is 21.4 Å². The number of ether oxygens (including phenoxy) is 1.